The fraction of sp³-hybridized carbons (Fsp3) is 0.867. The van der Waals surface area contributed by atoms with Crippen LogP contribution in [0.15, 0.2) is 12.2 Å². The molecule has 0 bridgehead atoms. The smallest absolute Gasteiger partial charge is 0.0684 e. The topological polar surface area (TPSA) is 44.5 Å². The van der Waals surface area contributed by atoms with E-state index >= 15 is 0 Å². The minimum atomic E-state index is -0.143. The van der Waals surface area contributed by atoms with Crippen LogP contribution in [0.25, 0.3) is 0 Å². The molecular formula is C15H29NO2. The highest BCUT2D eigenvalue weighted by molar-refractivity contribution is 5.05. The first kappa shape index (κ1) is 15.7. The lowest BCUT2D eigenvalue weighted by atomic mass is 9.90. The highest BCUT2D eigenvalue weighted by atomic mass is 16.5. The van der Waals surface area contributed by atoms with Crippen LogP contribution in [-0.4, -0.2) is 30.0 Å². The lowest BCUT2D eigenvalue weighted by molar-refractivity contribution is -0.108. The maximum atomic E-state index is 6.12. The van der Waals surface area contributed by atoms with Gasteiger partial charge in [-0.25, -0.2) is 0 Å². The Bertz CT molecular complexity index is 286. The first-order chi connectivity index (χ1) is 8.07. The van der Waals surface area contributed by atoms with Crippen molar-refractivity contribution >= 4 is 0 Å². The van der Waals surface area contributed by atoms with Crippen LogP contribution < -0.4 is 5.73 Å². The Hall–Kier alpha value is -0.380. The van der Waals surface area contributed by atoms with Crippen LogP contribution in [0.4, 0.5) is 0 Å². The molecule has 0 fully saturated rings. The summed E-state index contributed by atoms with van der Waals surface area (Å²) >= 11 is 0. The van der Waals surface area contributed by atoms with E-state index in [4.69, 9.17) is 15.2 Å². The molecule has 0 saturated heterocycles. The van der Waals surface area contributed by atoms with Crippen molar-refractivity contribution in [3.05, 3.63) is 12.2 Å². The Kier molecular flexibility index (Phi) is 4.98. The number of hydrogen-bond donors (Lipinski definition) is 1. The zero-order chi connectivity index (χ0) is 14.0. The molecule has 3 nitrogen and oxygen atoms in total. The SMILES string of the molecule is CC(C)(C)OC[C@H]1C=C[C@@H](N)CC1OC(C)(C)C. The summed E-state index contributed by atoms with van der Waals surface area (Å²) in [5, 5.41) is 0. The molecule has 0 aromatic carbocycles. The summed E-state index contributed by atoms with van der Waals surface area (Å²) < 4.78 is 12.0. The maximum absolute atomic E-state index is 6.12. The molecule has 0 spiro atoms. The van der Waals surface area contributed by atoms with Crippen LogP contribution in [0.3, 0.4) is 0 Å². The molecule has 0 aromatic rings. The van der Waals surface area contributed by atoms with E-state index < -0.39 is 0 Å². The Morgan fingerprint density at radius 1 is 1.06 bits per heavy atom. The molecule has 3 atom stereocenters. The lowest BCUT2D eigenvalue weighted by Crippen LogP contribution is -2.41. The van der Waals surface area contributed by atoms with Gasteiger partial charge >= 0.3 is 0 Å². The van der Waals surface area contributed by atoms with Gasteiger partial charge in [0.2, 0.25) is 0 Å². The van der Waals surface area contributed by atoms with Crippen molar-refractivity contribution in [1.82, 2.24) is 0 Å². The van der Waals surface area contributed by atoms with Gasteiger partial charge in [-0.15, -0.1) is 0 Å². The zero-order valence-corrected chi connectivity index (χ0v) is 12.7. The number of rotatable bonds is 3. The second-order valence-corrected chi connectivity index (χ2v) is 7.14. The summed E-state index contributed by atoms with van der Waals surface area (Å²) in [6.45, 7) is 13.2. The van der Waals surface area contributed by atoms with Crippen molar-refractivity contribution < 1.29 is 9.47 Å². The van der Waals surface area contributed by atoms with Crippen molar-refractivity contribution in [2.45, 2.75) is 71.3 Å². The van der Waals surface area contributed by atoms with E-state index in [0.717, 1.165) is 6.42 Å². The van der Waals surface area contributed by atoms with Crippen LogP contribution >= 0.6 is 0 Å². The Labute approximate surface area is 112 Å². The van der Waals surface area contributed by atoms with Crippen LogP contribution in [-0.2, 0) is 9.47 Å². The molecule has 0 heterocycles. The molecule has 2 N–H and O–H groups in total. The third-order valence-corrected chi connectivity index (χ3v) is 2.80. The fourth-order valence-corrected chi connectivity index (χ4v) is 2.03. The first-order valence-corrected chi connectivity index (χ1v) is 6.82. The molecule has 1 aliphatic carbocycles. The molecule has 1 rings (SSSR count). The second-order valence-electron chi connectivity index (χ2n) is 7.14. The molecule has 1 unspecified atom stereocenters. The van der Waals surface area contributed by atoms with Gasteiger partial charge in [-0.1, -0.05) is 12.2 Å². The monoisotopic (exact) mass is 255 g/mol. The number of hydrogen-bond acceptors (Lipinski definition) is 3. The standard InChI is InChI=1S/C15H29NO2/c1-14(2,3)17-10-11-7-8-12(16)9-13(11)18-15(4,5)6/h7-8,11-13H,9-10,16H2,1-6H3/t11-,12-,13?/m1/s1. The summed E-state index contributed by atoms with van der Waals surface area (Å²) in [4.78, 5) is 0. The minimum Gasteiger partial charge on any atom is -0.375 e. The predicted octanol–water partition coefficient (Wildman–Crippen LogP) is 2.89. The molecule has 0 aromatic heterocycles. The minimum absolute atomic E-state index is 0.100. The Morgan fingerprint density at radius 3 is 2.17 bits per heavy atom. The van der Waals surface area contributed by atoms with Gasteiger partial charge in [-0.3, -0.25) is 0 Å². The van der Waals surface area contributed by atoms with E-state index in [-0.39, 0.29) is 23.3 Å². The molecule has 0 saturated carbocycles. The second kappa shape index (κ2) is 5.72. The van der Waals surface area contributed by atoms with Crippen LogP contribution in [0, 0.1) is 5.92 Å². The molecule has 106 valence electrons. The Balaban J connectivity index is 2.63. The maximum Gasteiger partial charge on any atom is 0.0684 e. The van der Waals surface area contributed by atoms with Gasteiger partial charge < -0.3 is 15.2 Å². The fourth-order valence-electron chi connectivity index (χ4n) is 2.03. The molecule has 1 aliphatic rings. The van der Waals surface area contributed by atoms with E-state index in [1.807, 2.05) is 0 Å². The molecule has 3 heteroatoms. The lowest BCUT2D eigenvalue weighted by Gasteiger charge is -2.36. The van der Waals surface area contributed by atoms with Gasteiger partial charge in [-0.05, 0) is 48.0 Å². The normalized spacial score (nSPS) is 29.6. The molecule has 0 amide bonds. The predicted molar refractivity (Wildman–Crippen MR) is 75.6 cm³/mol. The highest BCUT2D eigenvalue weighted by Crippen LogP contribution is 2.26. The van der Waals surface area contributed by atoms with Gasteiger partial charge in [0.05, 0.1) is 23.9 Å². The molecule has 0 aliphatic heterocycles. The molecule has 0 radical (unpaired) electrons. The van der Waals surface area contributed by atoms with E-state index in [1.165, 1.54) is 0 Å². The van der Waals surface area contributed by atoms with E-state index in [9.17, 15) is 0 Å². The average Bonchev–Trinajstić information content (AvgIpc) is 2.12. The average molecular weight is 255 g/mol. The summed E-state index contributed by atoms with van der Waals surface area (Å²) in [5.41, 5.74) is 5.73. The van der Waals surface area contributed by atoms with Crippen molar-refractivity contribution in [2.24, 2.45) is 11.7 Å². The van der Waals surface area contributed by atoms with Crippen molar-refractivity contribution in [3.8, 4) is 0 Å². The molecule has 18 heavy (non-hydrogen) atoms. The van der Waals surface area contributed by atoms with Gasteiger partial charge in [0.15, 0.2) is 0 Å². The van der Waals surface area contributed by atoms with E-state index in [2.05, 4.69) is 53.7 Å². The van der Waals surface area contributed by atoms with Gasteiger partial charge in [-0.2, -0.15) is 0 Å². The van der Waals surface area contributed by atoms with Crippen LogP contribution in [0.2, 0.25) is 0 Å². The highest BCUT2D eigenvalue weighted by Gasteiger charge is 2.30. The van der Waals surface area contributed by atoms with Crippen LogP contribution in [0.1, 0.15) is 48.0 Å². The van der Waals surface area contributed by atoms with Crippen molar-refractivity contribution in [3.63, 3.8) is 0 Å². The largest absolute Gasteiger partial charge is 0.375 e. The number of ether oxygens (including phenoxy) is 2. The van der Waals surface area contributed by atoms with Gasteiger partial charge in [0.1, 0.15) is 0 Å². The van der Waals surface area contributed by atoms with Crippen molar-refractivity contribution in [1.29, 1.82) is 0 Å². The first-order valence-electron chi connectivity index (χ1n) is 6.82. The summed E-state index contributed by atoms with van der Waals surface area (Å²) in [6.07, 6.45) is 5.23. The van der Waals surface area contributed by atoms with E-state index in [0.29, 0.717) is 12.5 Å². The van der Waals surface area contributed by atoms with E-state index in [1.54, 1.807) is 0 Å². The van der Waals surface area contributed by atoms with Gasteiger partial charge in [0.25, 0.3) is 0 Å². The quantitative estimate of drug-likeness (QED) is 0.789. The third-order valence-electron chi connectivity index (χ3n) is 2.80. The third kappa shape index (κ3) is 5.98. The summed E-state index contributed by atoms with van der Waals surface area (Å²) in [7, 11) is 0. The molecular weight excluding hydrogens is 226 g/mol. The zero-order valence-electron chi connectivity index (χ0n) is 12.7. The van der Waals surface area contributed by atoms with Gasteiger partial charge in [0, 0.05) is 12.0 Å². The van der Waals surface area contributed by atoms with Crippen molar-refractivity contribution in [2.75, 3.05) is 6.61 Å². The van der Waals surface area contributed by atoms with Crippen LogP contribution in [0.5, 0.6) is 0 Å². The number of nitrogens with two attached hydrogens (primary N) is 1. The summed E-state index contributed by atoms with van der Waals surface area (Å²) in [5.74, 6) is 0.295. The summed E-state index contributed by atoms with van der Waals surface area (Å²) in [6, 6.07) is 0.100. The Morgan fingerprint density at radius 2 is 1.67 bits per heavy atom.